The Labute approximate surface area is 125 Å². The molecule has 0 amide bonds. The van der Waals surface area contributed by atoms with Crippen molar-refractivity contribution in [2.75, 3.05) is 0 Å². The second kappa shape index (κ2) is 4.70. The quantitative estimate of drug-likeness (QED) is 0.564. The average Bonchev–Trinajstić information content (AvgIpc) is 2.55. The van der Waals surface area contributed by atoms with Crippen molar-refractivity contribution in [2.24, 2.45) is 0 Å². The first-order valence-electron chi connectivity index (χ1n) is 6.94. The fraction of sp³-hybridized carbons (Fsp3) is 0. The molecule has 0 atom stereocenters. The summed E-state index contributed by atoms with van der Waals surface area (Å²) in [6, 6.07) is 18.1. The van der Waals surface area contributed by atoms with Gasteiger partial charge < -0.3 is 10.1 Å². The van der Waals surface area contributed by atoms with Crippen LogP contribution in [0, 0.1) is 0 Å². The van der Waals surface area contributed by atoms with Crippen molar-refractivity contribution in [3.63, 3.8) is 0 Å². The van der Waals surface area contributed by atoms with Gasteiger partial charge in [0.2, 0.25) is 0 Å². The van der Waals surface area contributed by atoms with Crippen LogP contribution in [0.2, 0.25) is 0 Å². The Balaban J connectivity index is 2.08. The lowest BCUT2D eigenvalue weighted by atomic mass is 10.0. The summed E-state index contributed by atoms with van der Waals surface area (Å²) < 4.78 is 0. The molecule has 0 aliphatic carbocycles. The van der Waals surface area contributed by atoms with Gasteiger partial charge >= 0.3 is 0 Å². The summed E-state index contributed by atoms with van der Waals surface area (Å²) in [5.41, 5.74) is 1.27. The van der Waals surface area contributed by atoms with Crippen LogP contribution in [0.25, 0.3) is 33.1 Å². The van der Waals surface area contributed by atoms with Crippen LogP contribution in [0.15, 0.2) is 65.5 Å². The predicted octanol–water partition coefficient (Wildman–Crippen LogP) is 3.45. The molecule has 0 saturated heterocycles. The summed E-state index contributed by atoms with van der Waals surface area (Å²) >= 11 is 0. The molecule has 0 fully saturated rings. The number of aromatic amines is 1. The minimum atomic E-state index is -0.169. The molecule has 4 nitrogen and oxygen atoms in total. The predicted molar refractivity (Wildman–Crippen MR) is 87.0 cm³/mol. The van der Waals surface area contributed by atoms with Crippen molar-refractivity contribution in [1.29, 1.82) is 0 Å². The van der Waals surface area contributed by atoms with Crippen molar-refractivity contribution in [3.05, 3.63) is 71.0 Å². The Morgan fingerprint density at radius 3 is 2.32 bits per heavy atom. The SMILES string of the molecule is O=c1[nH]c(-c2ccc(O)c3ccccc23)nc2ccccc12. The third kappa shape index (κ3) is 1.85. The number of benzene rings is 3. The number of nitrogens with zero attached hydrogens (tertiary/aromatic N) is 1. The molecule has 22 heavy (non-hydrogen) atoms. The van der Waals surface area contributed by atoms with Gasteiger partial charge in [-0.15, -0.1) is 0 Å². The van der Waals surface area contributed by atoms with Gasteiger partial charge in [0.25, 0.3) is 5.56 Å². The van der Waals surface area contributed by atoms with Crippen LogP contribution in [0.3, 0.4) is 0 Å². The molecule has 0 saturated carbocycles. The van der Waals surface area contributed by atoms with Gasteiger partial charge in [0.1, 0.15) is 11.6 Å². The smallest absolute Gasteiger partial charge is 0.259 e. The average molecular weight is 288 g/mol. The topological polar surface area (TPSA) is 66.0 Å². The summed E-state index contributed by atoms with van der Waals surface area (Å²) in [5, 5.41) is 12.1. The van der Waals surface area contributed by atoms with E-state index >= 15 is 0 Å². The lowest BCUT2D eigenvalue weighted by molar-refractivity contribution is 0.481. The summed E-state index contributed by atoms with van der Waals surface area (Å²) in [6.45, 7) is 0. The normalized spacial score (nSPS) is 11.1. The standard InChI is InChI=1S/C18H12N2O2/c21-16-10-9-13(11-5-1-2-6-12(11)16)17-19-15-8-4-3-7-14(15)18(22)20-17/h1-10,21H,(H,19,20,22). The number of aromatic hydroxyl groups is 1. The van der Waals surface area contributed by atoms with Gasteiger partial charge in [0.15, 0.2) is 0 Å². The van der Waals surface area contributed by atoms with Crippen molar-refractivity contribution in [1.82, 2.24) is 9.97 Å². The Morgan fingerprint density at radius 2 is 1.50 bits per heavy atom. The number of H-pyrrole nitrogens is 1. The minimum Gasteiger partial charge on any atom is -0.507 e. The third-order valence-electron chi connectivity index (χ3n) is 3.77. The number of rotatable bonds is 1. The molecule has 3 aromatic carbocycles. The highest BCUT2D eigenvalue weighted by Crippen LogP contribution is 2.32. The molecule has 0 unspecified atom stereocenters. The molecular weight excluding hydrogens is 276 g/mol. The fourth-order valence-electron chi connectivity index (χ4n) is 2.70. The molecule has 0 bridgehead atoms. The summed E-state index contributed by atoms with van der Waals surface area (Å²) in [6.07, 6.45) is 0. The number of phenols is 1. The largest absolute Gasteiger partial charge is 0.507 e. The highest BCUT2D eigenvalue weighted by Gasteiger charge is 2.10. The van der Waals surface area contributed by atoms with Crippen molar-refractivity contribution in [3.8, 4) is 17.1 Å². The Morgan fingerprint density at radius 1 is 0.818 bits per heavy atom. The van der Waals surface area contributed by atoms with Gasteiger partial charge in [-0.1, -0.05) is 36.4 Å². The molecule has 0 aliphatic rings. The number of hydrogen-bond donors (Lipinski definition) is 2. The Hall–Kier alpha value is -3.14. The van der Waals surface area contributed by atoms with Gasteiger partial charge in [-0.2, -0.15) is 0 Å². The Bertz CT molecular complexity index is 1070. The van der Waals surface area contributed by atoms with Crippen LogP contribution >= 0.6 is 0 Å². The second-order valence-corrected chi connectivity index (χ2v) is 5.11. The van der Waals surface area contributed by atoms with E-state index in [1.54, 1.807) is 18.2 Å². The molecule has 4 rings (SSSR count). The Kier molecular flexibility index (Phi) is 2.69. The van der Waals surface area contributed by atoms with Crippen LogP contribution in [-0.4, -0.2) is 15.1 Å². The van der Waals surface area contributed by atoms with E-state index in [0.717, 1.165) is 16.3 Å². The van der Waals surface area contributed by atoms with Crippen molar-refractivity contribution >= 4 is 21.7 Å². The number of phenolic OH excluding ortho intramolecular Hbond substituents is 1. The van der Waals surface area contributed by atoms with Crippen LogP contribution in [0.4, 0.5) is 0 Å². The van der Waals surface area contributed by atoms with Gasteiger partial charge in [-0.25, -0.2) is 4.98 Å². The fourth-order valence-corrected chi connectivity index (χ4v) is 2.70. The van der Waals surface area contributed by atoms with Crippen LogP contribution in [0.5, 0.6) is 5.75 Å². The zero-order valence-electron chi connectivity index (χ0n) is 11.6. The first-order valence-corrected chi connectivity index (χ1v) is 6.94. The van der Waals surface area contributed by atoms with Crippen molar-refractivity contribution in [2.45, 2.75) is 0 Å². The first kappa shape index (κ1) is 12.6. The maximum absolute atomic E-state index is 12.2. The van der Waals surface area contributed by atoms with E-state index in [4.69, 9.17) is 0 Å². The highest BCUT2D eigenvalue weighted by atomic mass is 16.3. The maximum Gasteiger partial charge on any atom is 0.259 e. The van der Waals surface area contributed by atoms with Crippen LogP contribution in [0.1, 0.15) is 0 Å². The van der Waals surface area contributed by atoms with E-state index in [-0.39, 0.29) is 11.3 Å². The van der Waals surface area contributed by atoms with Gasteiger partial charge in [0.05, 0.1) is 10.9 Å². The molecule has 1 heterocycles. The number of para-hydroxylation sites is 1. The van der Waals surface area contributed by atoms with Crippen LogP contribution in [-0.2, 0) is 0 Å². The summed E-state index contributed by atoms with van der Waals surface area (Å²) in [4.78, 5) is 19.6. The third-order valence-corrected chi connectivity index (χ3v) is 3.77. The van der Waals surface area contributed by atoms with E-state index in [9.17, 15) is 9.90 Å². The lowest BCUT2D eigenvalue weighted by Crippen LogP contribution is -2.09. The van der Waals surface area contributed by atoms with E-state index < -0.39 is 0 Å². The molecule has 4 aromatic rings. The maximum atomic E-state index is 12.2. The van der Waals surface area contributed by atoms with E-state index in [1.165, 1.54) is 0 Å². The molecule has 106 valence electrons. The zero-order valence-corrected chi connectivity index (χ0v) is 11.6. The number of hydrogen-bond acceptors (Lipinski definition) is 3. The van der Waals surface area contributed by atoms with E-state index in [0.29, 0.717) is 16.7 Å². The van der Waals surface area contributed by atoms with Crippen LogP contribution < -0.4 is 5.56 Å². The van der Waals surface area contributed by atoms with Gasteiger partial charge in [-0.05, 0) is 29.7 Å². The summed E-state index contributed by atoms with van der Waals surface area (Å²) in [7, 11) is 0. The summed E-state index contributed by atoms with van der Waals surface area (Å²) in [5.74, 6) is 0.711. The molecule has 0 radical (unpaired) electrons. The molecule has 1 aromatic heterocycles. The van der Waals surface area contributed by atoms with Gasteiger partial charge in [0, 0.05) is 10.9 Å². The molecule has 0 spiro atoms. The lowest BCUT2D eigenvalue weighted by Gasteiger charge is -2.08. The number of fused-ring (bicyclic) bond motifs is 2. The second-order valence-electron chi connectivity index (χ2n) is 5.11. The van der Waals surface area contributed by atoms with Gasteiger partial charge in [-0.3, -0.25) is 4.79 Å². The molecule has 4 heteroatoms. The molecule has 2 N–H and O–H groups in total. The number of nitrogens with one attached hydrogen (secondary N) is 1. The first-order chi connectivity index (χ1) is 10.7. The monoisotopic (exact) mass is 288 g/mol. The van der Waals surface area contributed by atoms with E-state index in [2.05, 4.69) is 9.97 Å². The zero-order chi connectivity index (χ0) is 15.1. The molecular formula is C18H12N2O2. The molecule has 0 aliphatic heterocycles. The van der Waals surface area contributed by atoms with Crippen molar-refractivity contribution < 1.29 is 5.11 Å². The minimum absolute atomic E-state index is 0.169. The highest BCUT2D eigenvalue weighted by molar-refractivity contribution is 5.99. The van der Waals surface area contributed by atoms with E-state index in [1.807, 2.05) is 42.5 Å². The number of aromatic nitrogens is 2.